The van der Waals surface area contributed by atoms with Gasteiger partial charge in [-0.25, -0.2) is 22.7 Å². The number of amides is 1. The summed E-state index contributed by atoms with van der Waals surface area (Å²) in [5.74, 6) is 0.311. The van der Waals surface area contributed by atoms with Gasteiger partial charge in [0.2, 0.25) is 16.0 Å². The summed E-state index contributed by atoms with van der Waals surface area (Å²) in [6.45, 7) is 3.69. The number of nitrogens with one attached hydrogen (secondary N) is 1. The highest BCUT2D eigenvalue weighted by atomic mass is 35.5. The number of carbonyl (C=O) groups excluding carboxylic acids is 1. The fourth-order valence-corrected chi connectivity index (χ4v) is 6.25. The molecule has 12 heteroatoms. The predicted octanol–water partition coefficient (Wildman–Crippen LogP) is 2.93. The number of aliphatic hydroxyl groups excluding tert-OH is 1. The molecule has 2 aromatic heterocycles. The number of carbonyl (C=O) groups is 1. The van der Waals surface area contributed by atoms with Crippen LogP contribution >= 0.6 is 11.6 Å². The first kappa shape index (κ1) is 26.6. The van der Waals surface area contributed by atoms with E-state index in [9.17, 15) is 18.3 Å². The summed E-state index contributed by atoms with van der Waals surface area (Å²) in [6, 6.07) is 8.64. The van der Waals surface area contributed by atoms with Crippen LogP contribution in [0.1, 0.15) is 40.5 Å². The lowest BCUT2D eigenvalue weighted by Gasteiger charge is -2.34. The van der Waals surface area contributed by atoms with Crippen molar-refractivity contribution < 1.29 is 18.3 Å². The van der Waals surface area contributed by atoms with E-state index in [1.54, 1.807) is 23.2 Å². The van der Waals surface area contributed by atoms with Crippen molar-refractivity contribution in [1.29, 1.82) is 0 Å². The molecule has 1 amide bonds. The standard InChI is InChI=1S/C26H31ClN6O4S/c1-17-14-28-26(29-21-6-8-32(9-7-21)38(2,36)37)30-24(17)19-13-22-25(35)33(11-10-31(22)15-19)23(16-34)18-4-3-5-20(27)12-18/h3-5,12-15,21,23,34H,6-11,16H2,1-2H3,(H,28,29,30)/t23-/m0/s1. The lowest BCUT2D eigenvalue weighted by atomic mass is 10.0. The molecule has 2 aliphatic heterocycles. The molecule has 1 fully saturated rings. The van der Waals surface area contributed by atoms with Gasteiger partial charge in [0.1, 0.15) is 5.69 Å². The zero-order chi connectivity index (χ0) is 27.0. The maximum absolute atomic E-state index is 13.5. The highest BCUT2D eigenvalue weighted by molar-refractivity contribution is 7.88. The van der Waals surface area contributed by atoms with Gasteiger partial charge in [-0.1, -0.05) is 23.7 Å². The number of benzene rings is 1. The Morgan fingerprint density at radius 2 is 1.95 bits per heavy atom. The first-order valence-electron chi connectivity index (χ1n) is 12.6. The molecular weight excluding hydrogens is 528 g/mol. The molecule has 5 rings (SSSR count). The smallest absolute Gasteiger partial charge is 0.271 e. The molecule has 202 valence electrons. The summed E-state index contributed by atoms with van der Waals surface area (Å²) in [5.41, 5.74) is 3.74. The average Bonchev–Trinajstić information content (AvgIpc) is 3.32. The second kappa shape index (κ2) is 10.6. The molecule has 0 bridgehead atoms. The molecule has 0 radical (unpaired) electrons. The van der Waals surface area contributed by atoms with Crippen molar-refractivity contribution in [3.05, 3.63) is 64.6 Å². The first-order valence-corrected chi connectivity index (χ1v) is 14.8. The second-order valence-corrected chi connectivity index (χ2v) is 12.3. The molecule has 2 N–H and O–H groups in total. The van der Waals surface area contributed by atoms with Gasteiger partial charge in [-0.15, -0.1) is 0 Å². The molecule has 2 aliphatic rings. The van der Waals surface area contributed by atoms with Crippen LogP contribution in [0.3, 0.4) is 0 Å². The van der Waals surface area contributed by atoms with Crippen molar-refractivity contribution >= 4 is 33.5 Å². The first-order chi connectivity index (χ1) is 18.1. The number of anilines is 1. The highest BCUT2D eigenvalue weighted by Gasteiger charge is 2.32. The largest absolute Gasteiger partial charge is 0.394 e. The maximum Gasteiger partial charge on any atom is 0.271 e. The number of aryl methyl sites for hydroxylation is 1. The third-order valence-corrected chi connectivity index (χ3v) is 8.78. The van der Waals surface area contributed by atoms with Crippen molar-refractivity contribution in [2.24, 2.45) is 0 Å². The quantitative estimate of drug-likeness (QED) is 0.457. The average molecular weight is 559 g/mol. The van der Waals surface area contributed by atoms with E-state index in [1.165, 1.54) is 10.6 Å². The van der Waals surface area contributed by atoms with E-state index in [-0.39, 0.29) is 18.6 Å². The Bertz CT molecular complexity index is 1450. The molecule has 0 saturated carbocycles. The van der Waals surface area contributed by atoms with Gasteiger partial charge in [-0.05, 0) is 49.1 Å². The van der Waals surface area contributed by atoms with Gasteiger partial charge in [0.15, 0.2) is 0 Å². The number of sulfonamides is 1. The second-order valence-electron chi connectivity index (χ2n) is 9.87. The number of piperidine rings is 1. The van der Waals surface area contributed by atoms with Crippen molar-refractivity contribution in [2.75, 3.05) is 37.8 Å². The van der Waals surface area contributed by atoms with Gasteiger partial charge >= 0.3 is 0 Å². The van der Waals surface area contributed by atoms with Gasteiger partial charge in [-0.2, -0.15) is 0 Å². The maximum atomic E-state index is 13.5. The summed E-state index contributed by atoms with van der Waals surface area (Å²) in [4.78, 5) is 24.4. The monoisotopic (exact) mass is 558 g/mol. The lowest BCUT2D eigenvalue weighted by Crippen LogP contribution is -2.43. The minimum Gasteiger partial charge on any atom is -0.394 e. The Morgan fingerprint density at radius 1 is 1.18 bits per heavy atom. The van der Waals surface area contributed by atoms with Crippen LogP contribution in [0.25, 0.3) is 11.3 Å². The summed E-state index contributed by atoms with van der Waals surface area (Å²) < 4.78 is 27.0. The molecule has 38 heavy (non-hydrogen) atoms. The van der Waals surface area contributed by atoms with Crippen LogP contribution in [0.15, 0.2) is 42.7 Å². The molecule has 1 aromatic carbocycles. The van der Waals surface area contributed by atoms with Gasteiger partial charge < -0.3 is 19.9 Å². The van der Waals surface area contributed by atoms with E-state index >= 15 is 0 Å². The molecule has 0 aliphatic carbocycles. The number of fused-ring (bicyclic) bond motifs is 1. The zero-order valence-electron chi connectivity index (χ0n) is 21.3. The third-order valence-electron chi connectivity index (χ3n) is 7.24. The number of hydrogen-bond acceptors (Lipinski definition) is 7. The van der Waals surface area contributed by atoms with Crippen LogP contribution in [-0.2, 0) is 16.6 Å². The Kier molecular flexibility index (Phi) is 7.45. The Balaban J connectivity index is 1.35. The van der Waals surface area contributed by atoms with Crippen molar-refractivity contribution in [3.63, 3.8) is 0 Å². The van der Waals surface area contributed by atoms with Crippen molar-refractivity contribution in [2.45, 2.75) is 38.4 Å². The lowest BCUT2D eigenvalue weighted by molar-refractivity contribution is 0.0526. The number of nitrogens with zero attached hydrogens (tertiary/aromatic N) is 5. The topological polar surface area (TPSA) is 121 Å². The van der Waals surface area contributed by atoms with E-state index in [0.717, 1.165) is 22.4 Å². The number of rotatable bonds is 7. The zero-order valence-corrected chi connectivity index (χ0v) is 22.9. The van der Waals surface area contributed by atoms with Crippen LogP contribution < -0.4 is 5.32 Å². The van der Waals surface area contributed by atoms with Gasteiger partial charge in [-0.3, -0.25) is 4.79 Å². The molecule has 0 unspecified atom stereocenters. The number of halogens is 1. The molecule has 4 heterocycles. The fraction of sp³-hybridized carbons (Fsp3) is 0.423. The summed E-state index contributed by atoms with van der Waals surface area (Å²) >= 11 is 6.15. The predicted molar refractivity (Wildman–Crippen MR) is 146 cm³/mol. The van der Waals surface area contributed by atoms with E-state index in [2.05, 4.69) is 10.3 Å². The van der Waals surface area contributed by atoms with Gasteiger partial charge in [0, 0.05) is 55.2 Å². The fourth-order valence-electron chi connectivity index (χ4n) is 5.18. The minimum absolute atomic E-state index is 0.0721. The summed E-state index contributed by atoms with van der Waals surface area (Å²) in [5, 5.41) is 14.0. The Hall–Kier alpha value is -2.99. The van der Waals surface area contributed by atoms with Gasteiger partial charge in [0.25, 0.3) is 5.91 Å². The number of hydrogen-bond donors (Lipinski definition) is 2. The van der Waals surface area contributed by atoms with E-state index in [1.807, 2.05) is 35.9 Å². The third kappa shape index (κ3) is 5.42. The molecule has 10 nitrogen and oxygen atoms in total. The SMILES string of the molecule is Cc1cnc(NC2CCN(S(C)(=O)=O)CC2)nc1-c1cc2n(c1)CCN([C@@H](CO)c1cccc(Cl)c1)C2=O. The molecule has 0 spiro atoms. The summed E-state index contributed by atoms with van der Waals surface area (Å²) in [7, 11) is -3.18. The minimum atomic E-state index is -3.18. The Morgan fingerprint density at radius 3 is 2.63 bits per heavy atom. The van der Waals surface area contributed by atoms with E-state index < -0.39 is 16.1 Å². The summed E-state index contributed by atoms with van der Waals surface area (Å²) in [6.07, 6.45) is 6.26. The van der Waals surface area contributed by atoms with Crippen LogP contribution in [0.4, 0.5) is 5.95 Å². The molecular formula is C26H31ClN6O4S. The van der Waals surface area contributed by atoms with Crippen LogP contribution in [0, 0.1) is 6.92 Å². The number of aromatic nitrogens is 3. The van der Waals surface area contributed by atoms with Crippen LogP contribution in [0.5, 0.6) is 0 Å². The molecule has 1 atom stereocenters. The normalized spacial score (nSPS) is 17.9. The van der Waals surface area contributed by atoms with Crippen molar-refractivity contribution in [1.82, 2.24) is 23.7 Å². The van der Waals surface area contributed by atoms with E-state index in [4.69, 9.17) is 16.6 Å². The Labute approximate surface area is 227 Å². The number of aliphatic hydroxyl groups is 1. The molecule has 1 saturated heterocycles. The molecule has 3 aromatic rings. The highest BCUT2D eigenvalue weighted by Crippen LogP contribution is 2.31. The van der Waals surface area contributed by atoms with Crippen molar-refractivity contribution in [3.8, 4) is 11.3 Å². The van der Waals surface area contributed by atoms with Crippen LogP contribution in [-0.4, -0.2) is 81.7 Å². The van der Waals surface area contributed by atoms with Crippen LogP contribution in [0.2, 0.25) is 5.02 Å². The van der Waals surface area contributed by atoms with E-state index in [0.29, 0.717) is 55.7 Å². The van der Waals surface area contributed by atoms with Gasteiger partial charge in [0.05, 0.1) is 24.6 Å².